The van der Waals surface area contributed by atoms with Crippen molar-refractivity contribution in [3.63, 3.8) is 0 Å². The second-order valence-corrected chi connectivity index (χ2v) is 6.53. The van der Waals surface area contributed by atoms with Crippen molar-refractivity contribution in [2.45, 2.75) is 15.2 Å². The van der Waals surface area contributed by atoms with Gasteiger partial charge in [-0.15, -0.1) is 11.8 Å². The highest BCUT2D eigenvalue weighted by molar-refractivity contribution is 8.00. The molecule has 0 aliphatic rings. The fourth-order valence-corrected chi connectivity index (χ4v) is 3.90. The SMILES string of the molecule is CSc1c(C#N)c(N)nc(SC(C(N)=O)c2ccccc2)c1C#N. The maximum absolute atomic E-state index is 11.9. The number of anilines is 1. The summed E-state index contributed by atoms with van der Waals surface area (Å²) in [5.74, 6) is -0.523. The van der Waals surface area contributed by atoms with Crippen LogP contribution in [0.2, 0.25) is 0 Å². The Bertz CT molecular complexity index is 855. The average Bonchev–Trinajstić information content (AvgIpc) is 2.59. The van der Waals surface area contributed by atoms with E-state index in [9.17, 15) is 15.3 Å². The number of hydrogen-bond donors (Lipinski definition) is 2. The van der Waals surface area contributed by atoms with Crippen LogP contribution in [0.25, 0.3) is 0 Å². The molecule has 1 unspecified atom stereocenters. The Morgan fingerprint density at radius 3 is 2.33 bits per heavy atom. The summed E-state index contributed by atoms with van der Waals surface area (Å²) in [5, 5.41) is 18.3. The monoisotopic (exact) mass is 355 g/mol. The first-order valence-corrected chi connectivity index (χ1v) is 8.82. The van der Waals surface area contributed by atoms with Crippen molar-refractivity contribution in [2.24, 2.45) is 5.73 Å². The third-order valence-corrected chi connectivity index (χ3v) is 5.24. The van der Waals surface area contributed by atoms with Crippen molar-refractivity contribution in [2.75, 3.05) is 12.0 Å². The molecule has 8 heteroatoms. The molecule has 0 saturated carbocycles. The van der Waals surface area contributed by atoms with Crippen molar-refractivity contribution >= 4 is 35.2 Å². The summed E-state index contributed by atoms with van der Waals surface area (Å²) in [7, 11) is 0. The van der Waals surface area contributed by atoms with Crippen molar-refractivity contribution in [1.29, 1.82) is 10.5 Å². The minimum Gasteiger partial charge on any atom is -0.383 e. The van der Waals surface area contributed by atoms with Crippen molar-refractivity contribution in [3.05, 3.63) is 47.0 Å². The number of pyridine rings is 1. The Hall–Kier alpha value is -2.68. The van der Waals surface area contributed by atoms with Crippen LogP contribution in [0.4, 0.5) is 5.82 Å². The van der Waals surface area contributed by atoms with Crippen LogP contribution >= 0.6 is 23.5 Å². The molecule has 120 valence electrons. The van der Waals surface area contributed by atoms with E-state index in [0.29, 0.717) is 10.5 Å². The number of primary amides is 1. The van der Waals surface area contributed by atoms with Crippen LogP contribution in [0.15, 0.2) is 40.3 Å². The van der Waals surface area contributed by atoms with Gasteiger partial charge in [-0.3, -0.25) is 4.79 Å². The van der Waals surface area contributed by atoms with E-state index in [-0.39, 0.29) is 22.0 Å². The fourth-order valence-electron chi connectivity index (χ4n) is 2.09. The maximum atomic E-state index is 11.9. The van der Waals surface area contributed by atoms with E-state index in [0.717, 1.165) is 11.8 Å². The van der Waals surface area contributed by atoms with Crippen LogP contribution in [0, 0.1) is 22.7 Å². The second-order valence-electron chi connectivity index (χ2n) is 4.62. The van der Waals surface area contributed by atoms with E-state index in [2.05, 4.69) is 4.98 Å². The van der Waals surface area contributed by atoms with Crippen LogP contribution in [0.3, 0.4) is 0 Å². The predicted molar refractivity (Wildman–Crippen MR) is 94.1 cm³/mol. The molecular formula is C16H13N5OS2. The largest absolute Gasteiger partial charge is 0.383 e. The number of nitrogens with zero attached hydrogens (tertiary/aromatic N) is 3. The summed E-state index contributed by atoms with van der Waals surface area (Å²) in [6, 6.07) is 13.0. The third kappa shape index (κ3) is 3.46. The van der Waals surface area contributed by atoms with Gasteiger partial charge in [-0.05, 0) is 11.8 Å². The molecule has 0 aliphatic carbocycles. The lowest BCUT2D eigenvalue weighted by atomic mass is 10.1. The molecule has 0 bridgehead atoms. The molecule has 0 radical (unpaired) electrons. The number of thioether (sulfide) groups is 2. The van der Waals surface area contributed by atoms with Gasteiger partial charge in [0.1, 0.15) is 33.8 Å². The van der Waals surface area contributed by atoms with Gasteiger partial charge < -0.3 is 11.5 Å². The summed E-state index contributed by atoms with van der Waals surface area (Å²) in [6.45, 7) is 0. The van der Waals surface area contributed by atoms with Crippen molar-refractivity contribution in [3.8, 4) is 12.1 Å². The van der Waals surface area contributed by atoms with Crippen LogP contribution < -0.4 is 11.5 Å². The summed E-state index contributed by atoms with van der Waals surface area (Å²) in [4.78, 5) is 16.5. The summed E-state index contributed by atoms with van der Waals surface area (Å²) in [6.07, 6.45) is 1.74. The molecule has 0 saturated heterocycles. The number of carbonyl (C=O) groups excluding carboxylic acids is 1. The van der Waals surface area contributed by atoms with Gasteiger partial charge in [0.05, 0.1) is 5.56 Å². The molecule has 6 nitrogen and oxygen atoms in total. The zero-order chi connectivity index (χ0) is 17.7. The zero-order valence-electron chi connectivity index (χ0n) is 12.7. The number of carbonyl (C=O) groups is 1. The van der Waals surface area contributed by atoms with Gasteiger partial charge in [-0.1, -0.05) is 42.1 Å². The minimum absolute atomic E-state index is 0.0274. The molecule has 2 rings (SSSR count). The first kappa shape index (κ1) is 17.7. The number of amides is 1. The molecule has 1 aromatic heterocycles. The van der Waals surface area contributed by atoms with Crippen LogP contribution in [-0.4, -0.2) is 17.1 Å². The Labute approximate surface area is 147 Å². The van der Waals surface area contributed by atoms with Crippen LogP contribution in [0.1, 0.15) is 21.9 Å². The van der Waals surface area contributed by atoms with E-state index in [1.54, 1.807) is 30.5 Å². The number of nitrogen functional groups attached to an aromatic ring is 1. The summed E-state index contributed by atoms with van der Waals surface area (Å²) in [5.41, 5.74) is 12.4. The molecule has 1 atom stereocenters. The fraction of sp³-hybridized carbons (Fsp3) is 0.125. The highest BCUT2D eigenvalue weighted by Gasteiger charge is 2.25. The van der Waals surface area contributed by atoms with E-state index >= 15 is 0 Å². The van der Waals surface area contributed by atoms with Gasteiger partial charge in [0, 0.05) is 4.90 Å². The number of nitriles is 2. The number of nitrogens with two attached hydrogens (primary N) is 2. The topological polar surface area (TPSA) is 130 Å². The quantitative estimate of drug-likeness (QED) is 0.788. The smallest absolute Gasteiger partial charge is 0.235 e. The Kier molecular flexibility index (Phi) is 5.69. The van der Waals surface area contributed by atoms with Gasteiger partial charge in [-0.25, -0.2) is 4.98 Å². The van der Waals surface area contributed by atoms with Crippen molar-refractivity contribution < 1.29 is 4.79 Å². The van der Waals surface area contributed by atoms with Gasteiger partial charge in [0.2, 0.25) is 5.91 Å². The first-order chi connectivity index (χ1) is 11.5. The molecular weight excluding hydrogens is 342 g/mol. The van der Waals surface area contributed by atoms with Gasteiger partial charge >= 0.3 is 0 Å². The molecule has 1 aromatic carbocycles. The Morgan fingerprint density at radius 2 is 1.83 bits per heavy atom. The number of aromatic nitrogens is 1. The average molecular weight is 355 g/mol. The number of benzene rings is 1. The predicted octanol–water partition coefficient (Wildman–Crippen LogP) is 2.45. The number of hydrogen-bond acceptors (Lipinski definition) is 7. The minimum atomic E-state index is -0.715. The normalized spacial score (nSPS) is 11.3. The molecule has 0 aliphatic heterocycles. The first-order valence-electron chi connectivity index (χ1n) is 6.72. The van der Waals surface area contributed by atoms with Gasteiger partial charge in [0.15, 0.2) is 0 Å². The van der Waals surface area contributed by atoms with E-state index in [4.69, 9.17) is 11.5 Å². The highest BCUT2D eigenvalue weighted by atomic mass is 32.2. The lowest BCUT2D eigenvalue weighted by molar-refractivity contribution is -0.117. The molecule has 4 N–H and O–H groups in total. The van der Waals surface area contributed by atoms with Crippen LogP contribution in [-0.2, 0) is 4.79 Å². The molecule has 1 amide bonds. The van der Waals surface area contributed by atoms with E-state index in [1.165, 1.54) is 11.8 Å². The van der Waals surface area contributed by atoms with Gasteiger partial charge in [-0.2, -0.15) is 10.5 Å². The second kappa shape index (κ2) is 7.73. The lowest BCUT2D eigenvalue weighted by Gasteiger charge is -2.16. The van der Waals surface area contributed by atoms with Crippen molar-refractivity contribution in [1.82, 2.24) is 4.98 Å². The lowest BCUT2D eigenvalue weighted by Crippen LogP contribution is -2.19. The van der Waals surface area contributed by atoms with E-state index < -0.39 is 11.2 Å². The summed E-state index contributed by atoms with van der Waals surface area (Å²) >= 11 is 2.29. The maximum Gasteiger partial charge on any atom is 0.235 e. The molecule has 1 heterocycles. The molecule has 0 fully saturated rings. The van der Waals surface area contributed by atoms with Crippen LogP contribution in [0.5, 0.6) is 0 Å². The molecule has 0 spiro atoms. The Balaban J connectivity index is 2.56. The molecule has 24 heavy (non-hydrogen) atoms. The number of rotatable bonds is 5. The third-order valence-electron chi connectivity index (χ3n) is 3.16. The zero-order valence-corrected chi connectivity index (χ0v) is 14.3. The molecule has 2 aromatic rings. The van der Waals surface area contributed by atoms with Gasteiger partial charge in [0.25, 0.3) is 0 Å². The standard InChI is InChI=1S/C16H13N5OS2/c1-23-13-10(7-17)14(19)21-16(11(13)8-18)24-12(15(20)22)9-5-3-2-4-6-9/h2-6,12H,1H3,(H2,19,21)(H2,20,22). The summed E-state index contributed by atoms with van der Waals surface area (Å²) < 4.78 is 0. The highest BCUT2D eigenvalue weighted by Crippen LogP contribution is 2.40. The van der Waals surface area contributed by atoms with E-state index in [1.807, 2.05) is 18.2 Å². The Morgan fingerprint density at radius 1 is 1.21 bits per heavy atom.